The van der Waals surface area contributed by atoms with Gasteiger partial charge < -0.3 is 15.1 Å². The summed E-state index contributed by atoms with van der Waals surface area (Å²) in [6.07, 6.45) is 1.60. The molecule has 0 spiro atoms. The fourth-order valence-corrected chi connectivity index (χ4v) is 2.60. The van der Waals surface area contributed by atoms with Gasteiger partial charge in [0, 0.05) is 17.2 Å². The van der Waals surface area contributed by atoms with Crippen LogP contribution in [0.1, 0.15) is 12.7 Å². The van der Waals surface area contributed by atoms with Crippen LogP contribution in [0.4, 0.5) is 0 Å². The molecule has 1 aromatic heterocycles. The molecule has 112 valence electrons. The highest BCUT2D eigenvalue weighted by atomic mass is 32.2. The van der Waals surface area contributed by atoms with Crippen LogP contribution in [0.2, 0.25) is 0 Å². The van der Waals surface area contributed by atoms with Crippen molar-refractivity contribution in [1.29, 1.82) is 0 Å². The van der Waals surface area contributed by atoms with E-state index in [9.17, 15) is 4.79 Å². The Balaban J connectivity index is 1.60. The summed E-state index contributed by atoms with van der Waals surface area (Å²) in [5.41, 5.74) is 0. The third kappa shape index (κ3) is 5.65. The normalized spacial score (nSPS) is 12.0. The monoisotopic (exact) mass is 304 g/mol. The summed E-state index contributed by atoms with van der Waals surface area (Å²) in [6, 6.07) is 13.7. The maximum atomic E-state index is 11.9. The molecule has 1 unspecified atom stereocenters. The summed E-state index contributed by atoms with van der Waals surface area (Å²) in [7, 11) is 0. The van der Waals surface area contributed by atoms with Gasteiger partial charge in [0.2, 0.25) is 5.91 Å². The fraction of sp³-hybridized carbons (Fsp3) is 0.312. The van der Waals surface area contributed by atoms with Crippen LogP contribution in [0.15, 0.2) is 58.0 Å². The molecule has 2 rings (SSSR count). The van der Waals surface area contributed by atoms with E-state index in [-0.39, 0.29) is 11.9 Å². The van der Waals surface area contributed by atoms with Gasteiger partial charge in [0.25, 0.3) is 0 Å². The standard InChI is InChI=1S/C16H20N2O2S/c1-13(16(19)18-12-14-6-5-10-20-14)17-9-11-21-15-7-3-2-4-8-15/h2-8,10,13,17H,9,11-12H2,1H3,(H,18,19). The van der Waals surface area contributed by atoms with Gasteiger partial charge in [-0.15, -0.1) is 11.8 Å². The molecule has 4 nitrogen and oxygen atoms in total. The highest BCUT2D eigenvalue weighted by Gasteiger charge is 2.11. The van der Waals surface area contributed by atoms with E-state index in [1.54, 1.807) is 18.0 Å². The van der Waals surface area contributed by atoms with Crippen molar-refractivity contribution in [3.05, 3.63) is 54.5 Å². The van der Waals surface area contributed by atoms with Gasteiger partial charge in [0.1, 0.15) is 5.76 Å². The lowest BCUT2D eigenvalue weighted by Crippen LogP contribution is -2.42. The summed E-state index contributed by atoms with van der Waals surface area (Å²) in [4.78, 5) is 13.1. The Kier molecular flexibility index (Phi) is 6.37. The minimum atomic E-state index is -0.212. The van der Waals surface area contributed by atoms with Crippen molar-refractivity contribution in [2.24, 2.45) is 0 Å². The van der Waals surface area contributed by atoms with Crippen molar-refractivity contribution >= 4 is 17.7 Å². The molecular weight excluding hydrogens is 284 g/mol. The Morgan fingerprint density at radius 1 is 1.24 bits per heavy atom. The molecule has 0 aliphatic rings. The van der Waals surface area contributed by atoms with Crippen molar-refractivity contribution < 1.29 is 9.21 Å². The molecule has 0 radical (unpaired) electrons. The molecule has 0 saturated carbocycles. The van der Waals surface area contributed by atoms with Crippen molar-refractivity contribution in [2.75, 3.05) is 12.3 Å². The topological polar surface area (TPSA) is 54.3 Å². The number of rotatable bonds is 8. The van der Waals surface area contributed by atoms with E-state index in [1.807, 2.05) is 37.3 Å². The summed E-state index contributed by atoms with van der Waals surface area (Å²) >= 11 is 1.78. The number of amides is 1. The van der Waals surface area contributed by atoms with Crippen LogP contribution in [0, 0.1) is 0 Å². The maximum absolute atomic E-state index is 11.9. The first-order valence-corrected chi connectivity index (χ1v) is 7.95. The number of thioether (sulfide) groups is 1. The van der Waals surface area contributed by atoms with E-state index < -0.39 is 0 Å². The molecule has 1 amide bonds. The predicted molar refractivity (Wildman–Crippen MR) is 85.2 cm³/mol. The molecule has 1 atom stereocenters. The third-order valence-corrected chi connectivity index (χ3v) is 3.99. The number of carbonyl (C=O) groups excluding carboxylic acids is 1. The summed E-state index contributed by atoms with van der Waals surface area (Å²) in [6.45, 7) is 3.08. The maximum Gasteiger partial charge on any atom is 0.237 e. The lowest BCUT2D eigenvalue weighted by molar-refractivity contribution is -0.122. The highest BCUT2D eigenvalue weighted by molar-refractivity contribution is 7.99. The summed E-state index contributed by atoms with van der Waals surface area (Å²) < 4.78 is 5.17. The smallest absolute Gasteiger partial charge is 0.237 e. The van der Waals surface area contributed by atoms with Crippen LogP contribution in [0.3, 0.4) is 0 Å². The van der Waals surface area contributed by atoms with Crippen molar-refractivity contribution in [2.45, 2.75) is 24.4 Å². The molecule has 21 heavy (non-hydrogen) atoms. The summed E-state index contributed by atoms with van der Waals surface area (Å²) in [5, 5.41) is 6.06. The average molecular weight is 304 g/mol. The molecule has 0 aliphatic carbocycles. The van der Waals surface area contributed by atoms with Crippen LogP contribution < -0.4 is 10.6 Å². The van der Waals surface area contributed by atoms with E-state index in [0.717, 1.165) is 18.1 Å². The first-order chi connectivity index (χ1) is 10.3. The van der Waals surface area contributed by atoms with Crippen molar-refractivity contribution in [1.82, 2.24) is 10.6 Å². The Morgan fingerprint density at radius 3 is 2.76 bits per heavy atom. The number of hydrogen-bond acceptors (Lipinski definition) is 4. The van der Waals surface area contributed by atoms with Crippen LogP contribution in [-0.2, 0) is 11.3 Å². The largest absolute Gasteiger partial charge is 0.467 e. The van der Waals surface area contributed by atoms with Crippen molar-refractivity contribution in [3.63, 3.8) is 0 Å². The van der Waals surface area contributed by atoms with Gasteiger partial charge in [-0.25, -0.2) is 0 Å². The Morgan fingerprint density at radius 2 is 2.05 bits per heavy atom. The van der Waals surface area contributed by atoms with Gasteiger partial charge in [-0.05, 0) is 31.2 Å². The molecule has 0 bridgehead atoms. The van der Waals surface area contributed by atoms with E-state index in [1.165, 1.54) is 4.90 Å². The van der Waals surface area contributed by atoms with Gasteiger partial charge in [-0.1, -0.05) is 18.2 Å². The number of furan rings is 1. The molecule has 0 fully saturated rings. The zero-order valence-electron chi connectivity index (χ0n) is 12.0. The quantitative estimate of drug-likeness (QED) is 0.581. The number of carbonyl (C=O) groups is 1. The SMILES string of the molecule is CC(NCCSc1ccccc1)C(=O)NCc1ccco1. The predicted octanol–water partition coefficient (Wildman–Crippen LogP) is 2.67. The molecule has 5 heteroatoms. The zero-order valence-corrected chi connectivity index (χ0v) is 12.9. The lowest BCUT2D eigenvalue weighted by atomic mass is 10.3. The number of hydrogen-bond donors (Lipinski definition) is 2. The van der Waals surface area contributed by atoms with Gasteiger partial charge in [0.05, 0.1) is 18.8 Å². The lowest BCUT2D eigenvalue weighted by Gasteiger charge is -2.13. The molecule has 2 N–H and O–H groups in total. The van der Waals surface area contributed by atoms with E-state index in [0.29, 0.717) is 6.54 Å². The average Bonchev–Trinajstić information content (AvgIpc) is 3.03. The van der Waals surface area contributed by atoms with Gasteiger partial charge in [-0.3, -0.25) is 4.79 Å². The van der Waals surface area contributed by atoms with E-state index >= 15 is 0 Å². The van der Waals surface area contributed by atoms with E-state index in [4.69, 9.17) is 4.42 Å². The molecule has 1 aromatic carbocycles. The Labute approximate surface area is 129 Å². The summed E-state index contributed by atoms with van der Waals surface area (Å²) in [5.74, 6) is 1.67. The second-order valence-electron chi connectivity index (χ2n) is 4.63. The van der Waals surface area contributed by atoms with Crippen LogP contribution in [-0.4, -0.2) is 24.2 Å². The second kappa shape index (κ2) is 8.54. The Hall–Kier alpha value is -1.72. The van der Waals surface area contributed by atoms with Crippen LogP contribution >= 0.6 is 11.8 Å². The molecule has 0 aliphatic heterocycles. The number of benzene rings is 1. The molecule has 2 aromatic rings. The van der Waals surface area contributed by atoms with E-state index in [2.05, 4.69) is 22.8 Å². The van der Waals surface area contributed by atoms with Gasteiger partial charge in [0.15, 0.2) is 0 Å². The van der Waals surface area contributed by atoms with Gasteiger partial charge >= 0.3 is 0 Å². The fourth-order valence-electron chi connectivity index (χ4n) is 1.79. The Bertz CT molecular complexity index is 528. The molecule has 1 heterocycles. The number of nitrogens with one attached hydrogen (secondary N) is 2. The third-order valence-electron chi connectivity index (χ3n) is 2.97. The minimum Gasteiger partial charge on any atom is -0.467 e. The second-order valence-corrected chi connectivity index (χ2v) is 5.80. The minimum absolute atomic E-state index is 0.0175. The van der Waals surface area contributed by atoms with Crippen molar-refractivity contribution in [3.8, 4) is 0 Å². The van der Waals surface area contributed by atoms with Crippen LogP contribution in [0.25, 0.3) is 0 Å². The van der Waals surface area contributed by atoms with Crippen LogP contribution in [0.5, 0.6) is 0 Å². The van der Waals surface area contributed by atoms with Gasteiger partial charge in [-0.2, -0.15) is 0 Å². The molecular formula is C16H20N2O2S. The molecule has 0 saturated heterocycles. The first kappa shape index (κ1) is 15.7. The zero-order chi connectivity index (χ0) is 14.9. The first-order valence-electron chi connectivity index (χ1n) is 6.97. The highest BCUT2D eigenvalue weighted by Crippen LogP contribution is 2.15.